The fourth-order valence-electron chi connectivity index (χ4n) is 3.45. The lowest BCUT2D eigenvalue weighted by Crippen LogP contribution is -2.72. The third-order valence-corrected chi connectivity index (χ3v) is 5.89. The van der Waals surface area contributed by atoms with Crippen molar-refractivity contribution in [1.82, 2.24) is 15.1 Å². The van der Waals surface area contributed by atoms with E-state index < -0.39 is 0 Å². The minimum atomic E-state index is 0. The van der Waals surface area contributed by atoms with Crippen LogP contribution in [0, 0.1) is 5.41 Å². The van der Waals surface area contributed by atoms with Crippen LogP contribution in [-0.2, 0) is 4.74 Å². The molecule has 2 saturated heterocycles. The summed E-state index contributed by atoms with van der Waals surface area (Å²) in [6.45, 7) is 18.5. The highest BCUT2D eigenvalue weighted by Crippen LogP contribution is 2.46. The van der Waals surface area contributed by atoms with Crippen LogP contribution in [0.2, 0.25) is 0 Å². The van der Waals surface area contributed by atoms with Gasteiger partial charge in [0.25, 0.3) is 0 Å². The largest absolute Gasteiger partial charge is 0.379 e. The molecule has 23 heavy (non-hydrogen) atoms. The molecule has 5 nitrogen and oxygen atoms in total. The van der Waals surface area contributed by atoms with E-state index in [0.29, 0.717) is 17.5 Å². The summed E-state index contributed by atoms with van der Waals surface area (Å²) in [5.41, 5.74) is 0.472. The molecule has 2 rings (SSSR count). The van der Waals surface area contributed by atoms with Crippen molar-refractivity contribution < 1.29 is 4.74 Å². The van der Waals surface area contributed by atoms with Crippen LogP contribution in [0.4, 0.5) is 0 Å². The van der Waals surface area contributed by atoms with Gasteiger partial charge in [-0.3, -0.25) is 9.89 Å². The molecule has 0 spiro atoms. The van der Waals surface area contributed by atoms with Gasteiger partial charge in [0.15, 0.2) is 5.96 Å². The van der Waals surface area contributed by atoms with Gasteiger partial charge < -0.3 is 15.0 Å². The lowest BCUT2D eigenvalue weighted by molar-refractivity contribution is -0.0672. The van der Waals surface area contributed by atoms with Crippen molar-refractivity contribution in [2.45, 2.75) is 59.2 Å². The maximum atomic E-state index is 5.53. The number of aliphatic imine (C=N–C) groups is 1. The Labute approximate surface area is 159 Å². The highest BCUT2D eigenvalue weighted by Gasteiger charge is 2.53. The molecule has 0 aliphatic carbocycles. The van der Waals surface area contributed by atoms with E-state index >= 15 is 0 Å². The molecule has 2 aliphatic rings. The third-order valence-electron chi connectivity index (χ3n) is 5.89. The fraction of sp³-hybridized carbons (Fsp3) is 0.941. The molecule has 2 fully saturated rings. The second-order valence-corrected chi connectivity index (χ2v) is 7.97. The van der Waals surface area contributed by atoms with Crippen molar-refractivity contribution in [1.29, 1.82) is 0 Å². The molecule has 0 bridgehead atoms. The predicted octanol–water partition coefficient (Wildman–Crippen LogP) is 2.41. The van der Waals surface area contributed by atoms with E-state index in [9.17, 15) is 0 Å². The van der Waals surface area contributed by atoms with Crippen molar-refractivity contribution >= 4 is 29.9 Å². The van der Waals surface area contributed by atoms with E-state index in [1.807, 2.05) is 7.05 Å². The standard InChI is InChI=1S/C17H34N4O.HI/c1-13(20-8-9-22-11-14(20)2)10-19-15(18-7)21-12-16(3,4)17(21,5)6;/h13-14H,8-12H2,1-7H3,(H,18,19);1H. The lowest BCUT2D eigenvalue weighted by Gasteiger charge is -2.62. The minimum absolute atomic E-state index is 0. The Morgan fingerprint density at radius 3 is 2.48 bits per heavy atom. The zero-order chi connectivity index (χ0) is 16.5. The Hall–Kier alpha value is -0.0800. The Kier molecular flexibility index (Phi) is 7.17. The van der Waals surface area contributed by atoms with Gasteiger partial charge in [-0.05, 0) is 27.7 Å². The first-order valence-corrected chi connectivity index (χ1v) is 8.52. The number of morpholine rings is 1. The first kappa shape index (κ1) is 21.0. The maximum Gasteiger partial charge on any atom is 0.194 e. The summed E-state index contributed by atoms with van der Waals surface area (Å²) in [5.74, 6) is 1.03. The first-order valence-electron chi connectivity index (χ1n) is 8.52. The van der Waals surface area contributed by atoms with Crippen molar-refractivity contribution in [2.24, 2.45) is 10.4 Å². The van der Waals surface area contributed by atoms with Gasteiger partial charge in [-0.25, -0.2) is 0 Å². The highest BCUT2D eigenvalue weighted by molar-refractivity contribution is 14.0. The number of hydrogen-bond acceptors (Lipinski definition) is 3. The van der Waals surface area contributed by atoms with E-state index in [-0.39, 0.29) is 29.5 Å². The van der Waals surface area contributed by atoms with Gasteiger partial charge in [0.1, 0.15) is 0 Å². The molecule has 0 aromatic carbocycles. The van der Waals surface area contributed by atoms with Gasteiger partial charge in [0.05, 0.1) is 13.2 Å². The molecule has 2 heterocycles. The zero-order valence-corrected chi connectivity index (χ0v) is 18.2. The summed E-state index contributed by atoms with van der Waals surface area (Å²) in [5, 5.41) is 3.58. The summed E-state index contributed by atoms with van der Waals surface area (Å²) in [6, 6.07) is 0.972. The predicted molar refractivity (Wildman–Crippen MR) is 108 cm³/mol. The molecule has 0 amide bonds. The van der Waals surface area contributed by atoms with Crippen LogP contribution in [0.15, 0.2) is 4.99 Å². The third kappa shape index (κ3) is 4.12. The topological polar surface area (TPSA) is 40.1 Å². The highest BCUT2D eigenvalue weighted by atomic mass is 127. The van der Waals surface area contributed by atoms with Gasteiger partial charge in [-0.1, -0.05) is 13.8 Å². The summed E-state index contributed by atoms with van der Waals surface area (Å²) in [4.78, 5) is 9.41. The van der Waals surface area contributed by atoms with Crippen LogP contribution in [-0.4, -0.2) is 73.3 Å². The number of halogens is 1. The van der Waals surface area contributed by atoms with E-state index in [0.717, 1.165) is 38.8 Å². The zero-order valence-electron chi connectivity index (χ0n) is 15.8. The quantitative estimate of drug-likeness (QED) is 0.418. The molecular formula is C17H35IN4O. The van der Waals surface area contributed by atoms with Gasteiger partial charge in [0, 0.05) is 49.7 Å². The van der Waals surface area contributed by atoms with Crippen LogP contribution in [0.3, 0.4) is 0 Å². The van der Waals surface area contributed by atoms with Crippen LogP contribution in [0.1, 0.15) is 41.5 Å². The number of ether oxygens (including phenoxy) is 1. The maximum absolute atomic E-state index is 5.53. The molecule has 0 aromatic heterocycles. The van der Waals surface area contributed by atoms with E-state index in [4.69, 9.17) is 4.74 Å². The van der Waals surface area contributed by atoms with Crippen LogP contribution in [0.5, 0.6) is 0 Å². The van der Waals surface area contributed by atoms with E-state index in [1.54, 1.807) is 0 Å². The number of nitrogens with one attached hydrogen (secondary N) is 1. The minimum Gasteiger partial charge on any atom is -0.379 e. The summed E-state index contributed by atoms with van der Waals surface area (Å²) < 4.78 is 5.53. The molecule has 6 heteroatoms. The van der Waals surface area contributed by atoms with Crippen LogP contribution < -0.4 is 5.32 Å². The fourth-order valence-corrected chi connectivity index (χ4v) is 3.45. The normalized spacial score (nSPS) is 28.6. The Morgan fingerprint density at radius 2 is 2.00 bits per heavy atom. The molecule has 2 aliphatic heterocycles. The molecule has 1 N–H and O–H groups in total. The lowest BCUT2D eigenvalue weighted by atomic mass is 9.65. The number of hydrogen-bond donors (Lipinski definition) is 1. The van der Waals surface area contributed by atoms with Crippen molar-refractivity contribution in [3.05, 3.63) is 0 Å². The Morgan fingerprint density at radius 1 is 1.35 bits per heavy atom. The van der Waals surface area contributed by atoms with Crippen molar-refractivity contribution in [3.8, 4) is 0 Å². The number of rotatable bonds is 3. The second-order valence-electron chi connectivity index (χ2n) is 7.97. The molecule has 2 atom stereocenters. The molecular weight excluding hydrogens is 403 g/mol. The number of nitrogens with zero attached hydrogens (tertiary/aromatic N) is 3. The summed E-state index contributed by atoms with van der Waals surface area (Å²) >= 11 is 0. The SMILES string of the molecule is CN=C(NCC(C)N1CCOCC1C)N1CC(C)(C)C1(C)C.I. The molecule has 136 valence electrons. The molecule has 0 aromatic rings. The van der Waals surface area contributed by atoms with Gasteiger partial charge >= 0.3 is 0 Å². The number of likely N-dealkylation sites (tertiary alicyclic amines) is 1. The Bertz CT molecular complexity index is 425. The monoisotopic (exact) mass is 438 g/mol. The Balaban J connectivity index is 0.00000264. The average Bonchev–Trinajstić information content (AvgIpc) is 2.46. The molecule has 2 unspecified atom stereocenters. The average molecular weight is 438 g/mol. The summed E-state index contributed by atoms with van der Waals surface area (Å²) in [7, 11) is 1.88. The van der Waals surface area contributed by atoms with Crippen molar-refractivity contribution in [3.63, 3.8) is 0 Å². The van der Waals surface area contributed by atoms with Crippen LogP contribution >= 0.6 is 24.0 Å². The molecule has 0 saturated carbocycles. The van der Waals surface area contributed by atoms with E-state index in [2.05, 4.69) is 61.7 Å². The smallest absolute Gasteiger partial charge is 0.194 e. The van der Waals surface area contributed by atoms with E-state index in [1.165, 1.54) is 0 Å². The van der Waals surface area contributed by atoms with Gasteiger partial charge in [-0.15, -0.1) is 24.0 Å². The molecule has 0 radical (unpaired) electrons. The summed E-state index contributed by atoms with van der Waals surface area (Å²) in [6.07, 6.45) is 0. The van der Waals surface area contributed by atoms with Gasteiger partial charge in [-0.2, -0.15) is 0 Å². The first-order chi connectivity index (χ1) is 10.2. The van der Waals surface area contributed by atoms with Crippen molar-refractivity contribution in [2.75, 3.05) is 39.9 Å². The second kappa shape index (κ2) is 7.87. The van der Waals surface area contributed by atoms with Crippen LogP contribution in [0.25, 0.3) is 0 Å². The number of guanidine groups is 1. The van der Waals surface area contributed by atoms with Gasteiger partial charge in [0.2, 0.25) is 0 Å².